The Morgan fingerprint density at radius 2 is 1.71 bits per heavy atom. The first-order valence-corrected chi connectivity index (χ1v) is 11.2. The highest BCUT2D eigenvalue weighted by atomic mass is 35.5. The molecule has 0 saturated heterocycles. The molecule has 7 nitrogen and oxygen atoms in total. The van der Waals surface area contributed by atoms with Crippen molar-refractivity contribution in [3.63, 3.8) is 0 Å². The molecule has 8 heteroatoms. The van der Waals surface area contributed by atoms with Crippen molar-refractivity contribution >= 4 is 40.1 Å². The predicted octanol–water partition coefficient (Wildman–Crippen LogP) is 4.09. The minimum absolute atomic E-state index is 0.166. The first kappa shape index (κ1) is 20.0. The molecule has 1 aromatic carbocycles. The molecular formula is C23H24ClN5O2. The van der Waals surface area contributed by atoms with E-state index in [9.17, 15) is 9.59 Å². The Morgan fingerprint density at radius 1 is 0.968 bits per heavy atom. The third kappa shape index (κ3) is 4.14. The zero-order chi connectivity index (χ0) is 21.4. The number of halogens is 1. The maximum Gasteiger partial charge on any atom is 0.223 e. The molecule has 0 aliphatic heterocycles. The molecule has 0 unspecified atom stereocenters. The lowest BCUT2D eigenvalue weighted by atomic mass is 9.91. The SMILES string of the molecule is O=C(c1ccccc1Cl)c1c[nH]c2ncnc(NC3CCC(NC(=O)C4CC4)CC3)c12. The summed E-state index contributed by atoms with van der Waals surface area (Å²) in [4.78, 5) is 37.0. The van der Waals surface area contributed by atoms with Gasteiger partial charge >= 0.3 is 0 Å². The van der Waals surface area contributed by atoms with Gasteiger partial charge in [0.05, 0.1) is 16.0 Å². The van der Waals surface area contributed by atoms with Crippen LogP contribution in [0.15, 0.2) is 36.8 Å². The van der Waals surface area contributed by atoms with E-state index in [-0.39, 0.29) is 29.7 Å². The van der Waals surface area contributed by atoms with Crippen molar-refractivity contribution in [1.82, 2.24) is 20.3 Å². The van der Waals surface area contributed by atoms with Crippen LogP contribution in [0.5, 0.6) is 0 Å². The quantitative estimate of drug-likeness (QED) is 0.504. The summed E-state index contributed by atoms with van der Waals surface area (Å²) < 4.78 is 0. The van der Waals surface area contributed by atoms with Crippen LogP contribution in [-0.2, 0) is 4.79 Å². The van der Waals surface area contributed by atoms with Gasteiger partial charge in [0.2, 0.25) is 5.91 Å². The van der Waals surface area contributed by atoms with Gasteiger partial charge in [-0.1, -0.05) is 23.7 Å². The van der Waals surface area contributed by atoms with Gasteiger partial charge in [0.25, 0.3) is 0 Å². The van der Waals surface area contributed by atoms with E-state index in [0.717, 1.165) is 38.5 Å². The van der Waals surface area contributed by atoms with Gasteiger partial charge in [-0.25, -0.2) is 9.97 Å². The first-order chi connectivity index (χ1) is 15.1. The highest BCUT2D eigenvalue weighted by molar-refractivity contribution is 6.35. The molecule has 2 aliphatic carbocycles. The molecule has 2 aromatic heterocycles. The van der Waals surface area contributed by atoms with Crippen LogP contribution in [0.3, 0.4) is 0 Å². The second kappa shape index (κ2) is 8.30. The smallest absolute Gasteiger partial charge is 0.223 e. The average molecular weight is 438 g/mol. The number of nitrogens with one attached hydrogen (secondary N) is 3. The van der Waals surface area contributed by atoms with Gasteiger partial charge in [-0.15, -0.1) is 0 Å². The number of amides is 1. The van der Waals surface area contributed by atoms with Gasteiger partial charge < -0.3 is 15.6 Å². The number of benzene rings is 1. The zero-order valence-corrected chi connectivity index (χ0v) is 17.8. The van der Waals surface area contributed by atoms with E-state index in [0.29, 0.717) is 33.0 Å². The van der Waals surface area contributed by atoms with Gasteiger partial charge in [-0.2, -0.15) is 0 Å². The lowest BCUT2D eigenvalue weighted by Crippen LogP contribution is -2.40. The fourth-order valence-electron chi connectivity index (χ4n) is 4.28. The summed E-state index contributed by atoms with van der Waals surface area (Å²) in [6.45, 7) is 0. The number of aromatic amines is 1. The minimum Gasteiger partial charge on any atom is -0.367 e. The topological polar surface area (TPSA) is 99.8 Å². The normalized spacial score (nSPS) is 21.1. The largest absolute Gasteiger partial charge is 0.367 e. The lowest BCUT2D eigenvalue weighted by Gasteiger charge is -2.30. The second-order valence-electron chi connectivity index (χ2n) is 8.43. The van der Waals surface area contributed by atoms with Crippen molar-refractivity contribution in [2.45, 2.75) is 50.6 Å². The molecule has 31 heavy (non-hydrogen) atoms. The molecule has 2 fully saturated rings. The molecule has 3 N–H and O–H groups in total. The summed E-state index contributed by atoms with van der Waals surface area (Å²) in [5, 5.41) is 7.79. The fourth-order valence-corrected chi connectivity index (χ4v) is 4.50. The summed E-state index contributed by atoms with van der Waals surface area (Å²) in [6, 6.07) is 7.50. The van der Waals surface area contributed by atoms with Crippen LogP contribution in [0.25, 0.3) is 11.0 Å². The van der Waals surface area contributed by atoms with Crippen LogP contribution in [0.1, 0.15) is 54.4 Å². The van der Waals surface area contributed by atoms with E-state index in [1.54, 1.807) is 30.5 Å². The Labute approximate surface area is 185 Å². The molecule has 5 rings (SSSR count). The minimum atomic E-state index is -0.166. The Kier molecular flexibility index (Phi) is 5.36. The van der Waals surface area contributed by atoms with Crippen molar-refractivity contribution < 1.29 is 9.59 Å². The molecule has 2 saturated carbocycles. The number of carbonyl (C=O) groups excluding carboxylic acids is 2. The molecule has 2 heterocycles. The molecule has 0 spiro atoms. The number of carbonyl (C=O) groups is 2. The van der Waals surface area contributed by atoms with Gasteiger partial charge in [-0.3, -0.25) is 9.59 Å². The number of nitrogens with zero attached hydrogens (tertiary/aromatic N) is 2. The number of hydrogen-bond acceptors (Lipinski definition) is 5. The number of fused-ring (bicyclic) bond motifs is 1. The molecule has 2 aliphatic rings. The van der Waals surface area contributed by atoms with E-state index >= 15 is 0 Å². The summed E-state index contributed by atoms with van der Waals surface area (Å²) in [6.07, 6.45) is 8.94. The molecule has 0 radical (unpaired) electrons. The van der Waals surface area contributed by atoms with Crippen LogP contribution in [0, 0.1) is 5.92 Å². The highest BCUT2D eigenvalue weighted by Gasteiger charge is 2.32. The molecule has 0 atom stereocenters. The maximum atomic E-state index is 13.2. The Hall–Kier alpha value is -2.93. The van der Waals surface area contributed by atoms with Crippen molar-refractivity contribution in [2.75, 3.05) is 5.32 Å². The van der Waals surface area contributed by atoms with Crippen molar-refractivity contribution in [3.8, 4) is 0 Å². The third-order valence-electron chi connectivity index (χ3n) is 6.20. The van der Waals surface area contributed by atoms with E-state index < -0.39 is 0 Å². The van der Waals surface area contributed by atoms with Gasteiger partial charge in [0, 0.05) is 29.8 Å². The van der Waals surface area contributed by atoms with Crippen molar-refractivity contribution in [3.05, 3.63) is 52.9 Å². The number of aromatic nitrogens is 3. The van der Waals surface area contributed by atoms with Crippen molar-refractivity contribution in [1.29, 1.82) is 0 Å². The first-order valence-electron chi connectivity index (χ1n) is 10.8. The number of rotatable bonds is 6. The summed E-state index contributed by atoms with van der Waals surface area (Å²) >= 11 is 6.25. The lowest BCUT2D eigenvalue weighted by molar-refractivity contribution is -0.123. The third-order valence-corrected chi connectivity index (χ3v) is 6.53. The summed E-state index contributed by atoms with van der Waals surface area (Å²) in [5.74, 6) is 0.935. The maximum absolute atomic E-state index is 13.2. The Bertz CT molecular complexity index is 1130. The molecular weight excluding hydrogens is 414 g/mol. The Morgan fingerprint density at radius 3 is 2.45 bits per heavy atom. The van der Waals surface area contributed by atoms with Gasteiger partial charge in [0.1, 0.15) is 17.8 Å². The second-order valence-corrected chi connectivity index (χ2v) is 8.84. The van der Waals surface area contributed by atoms with E-state index in [1.165, 1.54) is 6.33 Å². The van der Waals surface area contributed by atoms with Crippen LogP contribution >= 0.6 is 11.6 Å². The zero-order valence-electron chi connectivity index (χ0n) is 17.0. The Balaban J connectivity index is 1.33. The summed E-state index contributed by atoms with van der Waals surface area (Å²) in [7, 11) is 0. The predicted molar refractivity (Wildman–Crippen MR) is 119 cm³/mol. The molecule has 1 amide bonds. The van der Waals surface area contributed by atoms with Crippen LogP contribution in [0.2, 0.25) is 5.02 Å². The number of ketones is 1. The van der Waals surface area contributed by atoms with E-state index in [2.05, 4.69) is 25.6 Å². The molecule has 0 bridgehead atoms. The summed E-state index contributed by atoms with van der Waals surface area (Å²) in [5.41, 5.74) is 1.56. The van der Waals surface area contributed by atoms with Crippen LogP contribution in [-0.4, -0.2) is 38.7 Å². The van der Waals surface area contributed by atoms with Gasteiger partial charge in [0.15, 0.2) is 5.78 Å². The monoisotopic (exact) mass is 437 g/mol. The number of anilines is 1. The number of hydrogen-bond donors (Lipinski definition) is 3. The van der Waals surface area contributed by atoms with Gasteiger partial charge in [-0.05, 0) is 50.7 Å². The van der Waals surface area contributed by atoms with Crippen LogP contribution < -0.4 is 10.6 Å². The standard InChI is InChI=1S/C23H24ClN5O2/c24-18-4-2-1-3-16(18)20(30)17-11-25-21-19(17)22(27-12-26-21)28-14-7-9-15(10-8-14)29-23(31)13-5-6-13/h1-4,11-15H,5-10H2,(H,29,31)(H2,25,26,27,28). The highest BCUT2D eigenvalue weighted by Crippen LogP contribution is 2.31. The molecule has 3 aromatic rings. The van der Waals surface area contributed by atoms with Crippen molar-refractivity contribution in [2.24, 2.45) is 5.92 Å². The number of H-pyrrole nitrogens is 1. The average Bonchev–Trinajstić information content (AvgIpc) is 3.54. The van der Waals surface area contributed by atoms with Crippen LogP contribution in [0.4, 0.5) is 5.82 Å². The molecule has 160 valence electrons. The van der Waals surface area contributed by atoms with E-state index in [1.807, 2.05) is 0 Å². The fraction of sp³-hybridized carbons (Fsp3) is 0.391. The van der Waals surface area contributed by atoms with E-state index in [4.69, 9.17) is 11.6 Å².